The first kappa shape index (κ1) is 41.6. The highest BCUT2D eigenvalue weighted by Crippen LogP contribution is 2.48. The van der Waals surface area contributed by atoms with Crippen LogP contribution in [0, 0.1) is 0 Å². The Morgan fingerprint density at radius 1 is 0.344 bits per heavy atom. The highest BCUT2D eigenvalue weighted by atomic mass is 15.1. The maximum Gasteiger partial charge on any atom is 0.0541 e. The van der Waals surface area contributed by atoms with Crippen molar-refractivity contribution >= 4 is 71.2 Å². The predicted molar refractivity (Wildman–Crippen MR) is 279 cm³/mol. The minimum Gasteiger partial charge on any atom is -0.310 e. The molecule has 0 radical (unpaired) electrons. The minimum absolute atomic E-state index is 0.0344. The normalized spacial score (nSPS) is 13.0. The molecule has 0 unspecified atom stereocenters. The molecule has 0 aliphatic heterocycles. The van der Waals surface area contributed by atoms with Gasteiger partial charge in [0.1, 0.15) is 0 Å². The van der Waals surface area contributed by atoms with E-state index in [4.69, 9.17) is 0 Å². The second-order valence-corrected chi connectivity index (χ2v) is 22.4. The second kappa shape index (κ2) is 14.6. The molecule has 0 saturated heterocycles. The zero-order valence-electron chi connectivity index (χ0n) is 39.9. The Balaban J connectivity index is 1.24. The third kappa shape index (κ3) is 7.03. The van der Waals surface area contributed by atoms with Gasteiger partial charge in [0.2, 0.25) is 0 Å². The van der Waals surface area contributed by atoms with Crippen LogP contribution in [-0.2, 0) is 21.7 Å². The van der Waals surface area contributed by atoms with E-state index in [1.54, 1.807) is 0 Å². The lowest BCUT2D eigenvalue weighted by Crippen LogP contribution is -2.19. The molecule has 0 amide bonds. The van der Waals surface area contributed by atoms with Crippen LogP contribution in [0.1, 0.15) is 105 Å². The standard InChI is InChI=1S/C62H62N2/c1-59(2,3)43-24-32-55-51(37-43)52-38-44(60(4,5)6)25-33-56(52)64(55)54-31-23-42-20-28-49-53(30-22-41-21-29-50(54)58(42)57(41)49)63(47-26-18-40(19-27-47)39-16-14-13-15-17-39)48-35-45(61(7,8)9)34-46(36-48)62(10,11)12/h13-38H,1-12H3. The van der Waals surface area contributed by atoms with Gasteiger partial charge in [-0.3, -0.25) is 0 Å². The lowest BCUT2D eigenvalue weighted by molar-refractivity contribution is 0.569. The molecule has 0 aliphatic carbocycles. The van der Waals surface area contributed by atoms with Crippen molar-refractivity contribution in [1.29, 1.82) is 0 Å². The van der Waals surface area contributed by atoms with Crippen molar-refractivity contribution in [3.8, 4) is 16.8 Å². The first-order chi connectivity index (χ1) is 30.3. The number of anilines is 3. The number of benzene rings is 9. The highest BCUT2D eigenvalue weighted by Gasteiger charge is 2.27. The molecule has 10 rings (SSSR count). The SMILES string of the molecule is CC(C)(C)c1cc(N(c2ccc(-c3ccccc3)cc2)c2ccc3ccc4c(-n5c6ccc(C(C)(C)C)cc6c6cc(C(C)(C)C)ccc65)ccc5ccc2c3c54)cc(C(C)(C)C)c1. The summed E-state index contributed by atoms with van der Waals surface area (Å²) < 4.78 is 2.53. The van der Waals surface area contributed by atoms with Gasteiger partial charge >= 0.3 is 0 Å². The molecule has 2 nitrogen and oxygen atoms in total. The number of nitrogens with zero attached hydrogens (tertiary/aromatic N) is 2. The van der Waals surface area contributed by atoms with E-state index >= 15 is 0 Å². The Hall–Kier alpha value is -6.38. The smallest absolute Gasteiger partial charge is 0.0541 e. The van der Waals surface area contributed by atoms with Crippen LogP contribution in [0.5, 0.6) is 0 Å². The molecule has 0 bridgehead atoms. The molecule has 0 N–H and O–H groups in total. The lowest BCUT2D eigenvalue weighted by atomic mass is 9.80. The van der Waals surface area contributed by atoms with Gasteiger partial charge in [-0.1, -0.05) is 180 Å². The summed E-state index contributed by atoms with van der Waals surface area (Å²) in [4.78, 5) is 2.51. The summed E-state index contributed by atoms with van der Waals surface area (Å²) >= 11 is 0. The van der Waals surface area contributed by atoms with Gasteiger partial charge in [0.15, 0.2) is 0 Å². The molecule has 0 aliphatic rings. The van der Waals surface area contributed by atoms with Crippen molar-refractivity contribution < 1.29 is 0 Å². The Morgan fingerprint density at radius 2 is 0.812 bits per heavy atom. The molecule has 0 saturated carbocycles. The van der Waals surface area contributed by atoms with Crippen molar-refractivity contribution in [2.75, 3.05) is 4.90 Å². The Morgan fingerprint density at radius 3 is 1.34 bits per heavy atom. The molecular formula is C62H62N2. The van der Waals surface area contributed by atoms with E-state index in [9.17, 15) is 0 Å². The fraction of sp³-hybridized carbons (Fsp3) is 0.258. The number of aromatic nitrogens is 1. The number of rotatable bonds is 5. The van der Waals surface area contributed by atoms with E-state index in [2.05, 4.69) is 250 Å². The van der Waals surface area contributed by atoms with Crippen LogP contribution in [0.25, 0.3) is 70.9 Å². The van der Waals surface area contributed by atoms with E-state index in [0.717, 1.165) is 5.69 Å². The third-order valence-corrected chi connectivity index (χ3v) is 13.7. The molecule has 1 heterocycles. The lowest BCUT2D eigenvalue weighted by Gasteiger charge is -2.32. The second-order valence-electron chi connectivity index (χ2n) is 22.4. The average molecular weight is 835 g/mol. The molecular weight excluding hydrogens is 773 g/mol. The van der Waals surface area contributed by atoms with Crippen LogP contribution < -0.4 is 4.90 Å². The Labute approximate surface area is 380 Å². The van der Waals surface area contributed by atoms with Crippen molar-refractivity contribution in [2.24, 2.45) is 0 Å². The molecule has 1 aromatic heterocycles. The monoisotopic (exact) mass is 834 g/mol. The predicted octanol–water partition coefficient (Wildman–Crippen LogP) is 18.0. The fourth-order valence-electron chi connectivity index (χ4n) is 9.84. The van der Waals surface area contributed by atoms with Crippen molar-refractivity contribution in [2.45, 2.75) is 105 Å². The van der Waals surface area contributed by atoms with E-state index in [0.29, 0.717) is 0 Å². The number of hydrogen-bond donors (Lipinski definition) is 0. The maximum atomic E-state index is 2.53. The zero-order chi connectivity index (χ0) is 45.1. The van der Waals surface area contributed by atoms with Crippen molar-refractivity contribution in [3.63, 3.8) is 0 Å². The van der Waals surface area contributed by atoms with Gasteiger partial charge in [0.25, 0.3) is 0 Å². The summed E-state index contributed by atoms with van der Waals surface area (Å²) in [5.74, 6) is 0. The summed E-state index contributed by atoms with van der Waals surface area (Å²) in [6, 6.07) is 60.2. The van der Waals surface area contributed by atoms with Gasteiger partial charge < -0.3 is 9.47 Å². The molecule has 10 aromatic rings. The van der Waals surface area contributed by atoms with Crippen molar-refractivity contribution in [3.05, 3.63) is 180 Å². The van der Waals surface area contributed by atoms with Crippen LogP contribution in [0.15, 0.2) is 158 Å². The summed E-state index contributed by atoms with van der Waals surface area (Å²) in [7, 11) is 0. The summed E-state index contributed by atoms with van der Waals surface area (Å²) in [5.41, 5.74) is 15.0. The maximum absolute atomic E-state index is 2.53. The van der Waals surface area contributed by atoms with E-state index in [1.807, 2.05) is 0 Å². The third-order valence-electron chi connectivity index (χ3n) is 13.7. The molecule has 9 aromatic carbocycles. The molecule has 0 fully saturated rings. The van der Waals surface area contributed by atoms with E-state index in [-0.39, 0.29) is 21.7 Å². The first-order valence-electron chi connectivity index (χ1n) is 23.2. The molecule has 64 heavy (non-hydrogen) atoms. The molecule has 0 spiro atoms. The number of fused-ring (bicyclic) bond motifs is 3. The van der Waals surface area contributed by atoms with Crippen LogP contribution in [0.2, 0.25) is 0 Å². The van der Waals surface area contributed by atoms with Gasteiger partial charge in [-0.25, -0.2) is 0 Å². The Bertz CT molecular complexity index is 3290. The first-order valence-corrected chi connectivity index (χ1v) is 23.2. The summed E-state index contributed by atoms with van der Waals surface area (Å²) in [5, 5.41) is 10.2. The van der Waals surface area contributed by atoms with Gasteiger partial charge in [-0.2, -0.15) is 0 Å². The summed E-state index contributed by atoms with van der Waals surface area (Å²) in [6.07, 6.45) is 0. The number of hydrogen-bond acceptors (Lipinski definition) is 1. The topological polar surface area (TPSA) is 8.17 Å². The van der Waals surface area contributed by atoms with Crippen LogP contribution >= 0.6 is 0 Å². The molecule has 0 atom stereocenters. The van der Waals surface area contributed by atoms with E-state index in [1.165, 1.54) is 105 Å². The average Bonchev–Trinajstić information content (AvgIpc) is 3.58. The van der Waals surface area contributed by atoms with Gasteiger partial charge in [0, 0.05) is 32.9 Å². The largest absolute Gasteiger partial charge is 0.310 e. The Kier molecular flexibility index (Phi) is 9.48. The van der Waals surface area contributed by atoms with Crippen LogP contribution in [0.4, 0.5) is 17.1 Å². The molecule has 2 heteroatoms. The van der Waals surface area contributed by atoms with Crippen LogP contribution in [-0.4, -0.2) is 4.57 Å². The van der Waals surface area contributed by atoms with Gasteiger partial charge in [-0.15, -0.1) is 0 Å². The minimum atomic E-state index is -0.0344. The molecule has 320 valence electrons. The van der Waals surface area contributed by atoms with Gasteiger partial charge in [-0.05, 0) is 137 Å². The zero-order valence-corrected chi connectivity index (χ0v) is 39.9. The van der Waals surface area contributed by atoms with Crippen LogP contribution in [0.3, 0.4) is 0 Å². The van der Waals surface area contributed by atoms with Gasteiger partial charge in [0.05, 0.1) is 22.4 Å². The van der Waals surface area contributed by atoms with E-state index < -0.39 is 0 Å². The summed E-state index contributed by atoms with van der Waals surface area (Å²) in [6.45, 7) is 27.9. The quantitative estimate of drug-likeness (QED) is 0.157. The fourth-order valence-corrected chi connectivity index (χ4v) is 9.84. The van der Waals surface area contributed by atoms with Crippen molar-refractivity contribution in [1.82, 2.24) is 4.57 Å². The highest BCUT2D eigenvalue weighted by molar-refractivity contribution is 6.27.